The van der Waals surface area contributed by atoms with Crippen LogP contribution in [0.25, 0.3) is 0 Å². The summed E-state index contributed by atoms with van der Waals surface area (Å²) >= 11 is 12.2. The van der Waals surface area contributed by atoms with Crippen LogP contribution >= 0.6 is 23.2 Å². The Morgan fingerprint density at radius 3 is 2.05 bits per heavy atom. The highest BCUT2D eigenvalue weighted by molar-refractivity contribution is 7.89. The van der Waals surface area contributed by atoms with Crippen LogP contribution in [0.1, 0.15) is 11.1 Å². The molecule has 0 fully saturated rings. The molecule has 0 aromatic heterocycles. The Balaban J connectivity index is 1.98. The minimum absolute atomic E-state index is 0.0976. The van der Waals surface area contributed by atoms with E-state index in [2.05, 4.69) is 5.32 Å². The molecule has 0 atom stereocenters. The molecule has 0 spiro atoms. The zero-order valence-electron chi connectivity index (χ0n) is 11.0. The zero-order chi connectivity index (χ0) is 15.5. The molecule has 0 saturated heterocycles. The van der Waals surface area contributed by atoms with Crippen molar-refractivity contribution in [2.75, 3.05) is 0 Å². The standard InChI is InChI=1S/C14H14Cl2N2O2S/c15-13-2-1-3-14(16)12(13)9-18-8-10-4-6-11(7-5-10)21(17,19)20/h1-7,18H,8-9H2,(H2,17,19,20). The first-order valence-corrected chi connectivity index (χ1v) is 8.43. The molecule has 2 rings (SSSR count). The molecule has 2 aromatic rings. The SMILES string of the molecule is NS(=O)(=O)c1ccc(CNCc2c(Cl)cccc2Cl)cc1. The lowest BCUT2D eigenvalue weighted by Crippen LogP contribution is -2.14. The molecule has 2 aromatic carbocycles. The predicted octanol–water partition coefficient (Wildman–Crippen LogP) is 2.93. The maximum atomic E-state index is 11.2. The summed E-state index contributed by atoms with van der Waals surface area (Å²) in [5, 5.41) is 9.47. The summed E-state index contributed by atoms with van der Waals surface area (Å²) in [7, 11) is -3.65. The fourth-order valence-electron chi connectivity index (χ4n) is 1.83. The lowest BCUT2D eigenvalue weighted by molar-refractivity contribution is 0.597. The monoisotopic (exact) mass is 344 g/mol. The van der Waals surface area contributed by atoms with Gasteiger partial charge in [0, 0.05) is 28.7 Å². The van der Waals surface area contributed by atoms with Gasteiger partial charge in [0.1, 0.15) is 0 Å². The third-order valence-electron chi connectivity index (χ3n) is 2.94. The Morgan fingerprint density at radius 1 is 0.952 bits per heavy atom. The van der Waals surface area contributed by atoms with Gasteiger partial charge in [-0.1, -0.05) is 41.4 Å². The number of sulfonamides is 1. The van der Waals surface area contributed by atoms with Gasteiger partial charge in [0.05, 0.1) is 4.90 Å². The number of nitrogens with two attached hydrogens (primary N) is 1. The fraction of sp³-hybridized carbons (Fsp3) is 0.143. The molecule has 0 heterocycles. The van der Waals surface area contributed by atoms with E-state index in [0.29, 0.717) is 23.1 Å². The van der Waals surface area contributed by atoms with Gasteiger partial charge in [0.15, 0.2) is 0 Å². The van der Waals surface area contributed by atoms with Crippen molar-refractivity contribution in [3.63, 3.8) is 0 Å². The van der Waals surface area contributed by atoms with Crippen LogP contribution < -0.4 is 10.5 Å². The maximum absolute atomic E-state index is 11.2. The summed E-state index contributed by atoms with van der Waals surface area (Å²) in [6.45, 7) is 1.09. The van der Waals surface area contributed by atoms with Crippen LogP contribution in [0.5, 0.6) is 0 Å². The summed E-state index contributed by atoms with van der Waals surface area (Å²) in [6.07, 6.45) is 0. The summed E-state index contributed by atoms with van der Waals surface area (Å²) in [4.78, 5) is 0.0976. The molecule has 3 N–H and O–H groups in total. The number of nitrogens with one attached hydrogen (secondary N) is 1. The Bertz CT molecular complexity index is 711. The highest BCUT2D eigenvalue weighted by Gasteiger charge is 2.07. The van der Waals surface area contributed by atoms with Gasteiger partial charge in [-0.15, -0.1) is 0 Å². The van der Waals surface area contributed by atoms with Crippen molar-refractivity contribution in [1.82, 2.24) is 5.32 Å². The van der Waals surface area contributed by atoms with Gasteiger partial charge >= 0.3 is 0 Å². The molecule has 0 bridgehead atoms. The Kier molecular flexibility index (Phi) is 5.24. The van der Waals surface area contributed by atoms with Crippen molar-refractivity contribution in [2.45, 2.75) is 18.0 Å². The van der Waals surface area contributed by atoms with E-state index < -0.39 is 10.0 Å². The van der Waals surface area contributed by atoms with Gasteiger partial charge in [-0.3, -0.25) is 0 Å². The lowest BCUT2D eigenvalue weighted by atomic mass is 10.2. The zero-order valence-corrected chi connectivity index (χ0v) is 13.3. The largest absolute Gasteiger partial charge is 0.309 e. The number of benzene rings is 2. The highest BCUT2D eigenvalue weighted by Crippen LogP contribution is 2.23. The van der Waals surface area contributed by atoms with Gasteiger partial charge in [-0.25, -0.2) is 13.6 Å². The topological polar surface area (TPSA) is 72.2 Å². The van der Waals surface area contributed by atoms with Crippen LogP contribution in [-0.2, 0) is 23.1 Å². The average Bonchev–Trinajstić information content (AvgIpc) is 2.42. The van der Waals surface area contributed by atoms with Gasteiger partial charge in [-0.05, 0) is 29.8 Å². The molecule has 0 unspecified atom stereocenters. The number of hydrogen-bond acceptors (Lipinski definition) is 3. The van der Waals surface area contributed by atoms with E-state index in [0.717, 1.165) is 11.1 Å². The van der Waals surface area contributed by atoms with Gasteiger partial charge in [0.25, 0.3) is 0 Å². The van der Waals surface area contributed by atoms with E-state index in [4.69, 9.17) is 28.3 Å². The first-order valence-electron chi connectivity index (χ1n) is 6.13. The predicted molar refractivity (Wildman–Crippen MR) is 84.8 cm³/mol. The number of primary sulfonamides is 1. The van der Waals surface area contributed by atoms with E-state index in [1.165, 1.54) is 12.1 Å². The summed E-state index contributed by atoms with van der Waals surface area (Å²) < 4.78 is 22.3. The van der Waals surface area contributed by atoms with E-state index in [1.807, 2.05) is 0 Å². The summed E-state index contributed by atoms with van der Waals surface area (Å²) in [6, 6.07) is 11.7. The molecule has 0 aliphatic carbocycles. The van der Waals surface area contributed by atoms with Crippen molar-refractivity contribution in [3.8, 4) is 0 Å². The van der Waals surface area contributed by atoms with Crippen molar-refractivity contribution >= 4 is 33.2 Å². The molecule has 0 aliphatic rings. The molecule has 0 amide bonds. The van der Waals surface area contributed by atoms with E-state index >= 15 is 0 Å². The smallest absolute Gasteiger partial charge is 0.238 e. The van der Waals surface area contributed by atoms with Crippen molar-refractivity contribution in [2.24, 2.45) is 5.14 Å². The number of rotatable bonds is 5. The second-order valence-electron chi connectivity index (χ2n) is 4.49. The van der Waals surface area contributed by atoms with E-state index in [-0.39, 0.29) is 4.90 Å². The van der Waals surface area contributed by atoms with Crippen LogP contribution in [0, 0.1) is 0 Å². The minimum atomic E-state index is -3.65. The lowest BCUT2D eigenvalue weighted by Gasteiger charge is -2.09. The van der Waals surface area contributed by atoms with Gasteiger partial charge < -0.3 is 5.32 Å². The summed E-state index contributed by atoms with van der Waals surface area (Å²) in [5.74, 6) is 0. The van der Waals surface area contributed by atoms with Gasteiger partial charge in [-0.2, -0.15) is 0 Å². The Labute approximate surface area is 133 Å². The molecule has 21 heavy (non-hydrogen) atoms. The molecule has 4 nitrogen and oxygen atoms in total. The third-order valence-corrected chi connectivity index (χ3v) is 4.58. The number of hydrogen-bond donors (Lipinski definition) is 2. The first-order chi connectivity index (χ1) is 9.88. The van der Waals surface area contributed by atoms with Crippen molar-refractivity contribution in [1.29, 1.82) is 0 Å². The second kappa shape index (κ2) is 6.77. The van der Waals surface area contributed by atoms with Gasteiger partial charge in [0.2, 0.25) is 10.0 Å². The average molecular weight is 345 g/mol. The Hall–Kier alpha value is -1.11. The molecule has 0 saturated carbocycles. The molecular formula is C14H14Cl2N2O2S. The maximum Gasteiger partial charge on any atom is 0.238 e. The Morgan fingerprint density at radius 2 is 1.52 bits per heavy atom. The first kappa shape index (κ1) is 16.3. The summed E-state index contributed by atoms with van der Waals surface area (Å²) in [5.41, 5.74) is 1.77. The fourth-order valence-corrected chi connectivity index (χ4v) is 2.88. The molecular weight excluding hydrogens is 331 g/mol. The van der Waals surface area contributed by atoms with Crippen LogP contribution in [-0.4, -0.2) is 8.42 Å². The van der Waals surface area contributed by atoms with Crippen molar-refractivity contribution < 1.29 is 8.42 Å². The normalized spacial score (nSPS) is 11.6. The third kappa shape index (κ3) is 4.43. The van der Waals surface area contributed by atoms with E-state index in [9.17, 15) is 8.42 Å². The van der Waals surface area contributed by atoms with E-state index in [1.54, 1.807) is 30.3 Å². The molecule has 0 radical (unpaired) electrons. The molecule has 7 heteroatoms. The van der Waals surface area contributed by atoms with Crippen molar-refractivity contribution in [3.05, 3.63) is 63.6 Å². The van der Waals surface area contributed by atoms with Crippen LogP contribution in [0.2, 0.25) is 10.0 Å². The molecule has 0 aliphatic heterocycles. The molecule has 112 valence electrons. The second-order valence-corrected chi connectivity index (χ2v) is 6.87. The van der Waals surface area contributed by atoms with Crippen LogP contribution in [0.4, 0.5) is 0 Å². The van der Waals surface area contributed by atoms with Crippen LogP contribution in [0.15, 0.2) is 47.4 Å². The minimum Gasteiger partial charge on any atom is -0.309 e. The highest BCUT2D eigenvalue weighted by atomic mass is 35.5. The van der Waals surface area contributed by atoms with Crippen LogP contribution in [0.3, 0.4) is 0 Å². The quantitative estimate of drug-likeness (QED) is 0.875. The number of halogens is 2.